The van der Waals surface area contributed by atoms with Crippen molar-refractivity contribution >= 4 is 17.3 Å². The van der Waals surface area contributed by atoms with E-state index in [0.717, 1.165) is 10.2 Å². The van der Waals surface area contributed by atoms with Crippen LogP contribution in [0.25, 0.3) is 5.69 Å². The molecule has 2 aromatic rings. The number of aromatic nitrogens is 2. The van der Waals surface area contributed by atoms with E-state index in [9.17, 15) is 23.3 Å². The average molecular weight is 320 g/mol. The molecule has 0 radical (unpaired) electrons. The van der Waals surface area contributed by atoms with Gasteiger partial charge >= 0.3 is 11.9 Å². The van der Waals surface area contributed by atoms with Gasteiger partial charge in [0.05, 0.1) is 10.6 Å². The van der Waals surface area contributed by atoms with Crippen molar-refractivity contribution in [2.45, 2.75) is 20.0 Å². The maximum absolute atomic E-state index is 12.8. The van der Waals surface area contributed by atoms with Gasteiger partial charge in [0.2, 0.25) is 10.8 Å². The highest BCUT2D eigenvalue weighted by molar-refractivity contribution is 6.32. The van der Waals surface area contributed by atoms with Gasteiger partial charge in [-0.3, -0.25) is 10.1 Å². The molecule has 0 aliphatic carbocycles. The lowest BCUT2D eigenvalue weighted by molar-refractivity contribution is -0.388. The Morgan fingerprint density at radius 3 is 2.38 bits per heavy atom. The summed E-state index contributed by atoms with van der Waals surface area (Å²) in [6, 6.07) is 4.87. The number of hydrogen-bond donors (Lipinski definition) is 0. The molecule has 2 rings (SSSR count). The molecule has 1 heterocycles. The zero-order chi connectivity index (χ0) is 15.9. The molecule has 0 saturated carbocycles. The van der Waals surface area contributed by atoms with E-state index in [1.165, 1.54) is 6.07 Å². The van der Waals surface area contributed by atoms with Crippen molar-refractivity contribution in [3.63, 3.8) is 0 Å². The Morgan fingerprint density at radius 2 is 1.95 bits per heavy atom. The van der Waals surface area contributed by atoms with E-state index < -0.39 is 27.6 Å². The molecule has 0 N–H and O–H groups in total. The first-order valence-corrected chi connectivity index (χ1v) is 6.08. The normalized spacial score (nSPS) is 11.7. The minimum absolute atomic E-state index is 0.254. The van der Waals surface area contributed by atoms with Crippen LogP contribution in [0.15, 0.2) is 18.2 Å². The van der Waals surface area contributed by atoms with Crippen molar-refractivity contribution in [3.05, 3.63) is 50.3 Å². The summed E-state index contributed by atoms with van der Waals surface area (Å²) in [6.07, 6.45) is -4.96. The predicted molar refractivity (Wildman–Crippen MR) is 69.7 cm³/mol. The number of alkyl halides is 3. The second kappa shape index (κ2) is 5.03. The lowest BCUT2D eigenvalue weighted by Crippen LogP contribution is -2.09. The van der Waals surface area contributed by atoms with Gasteiger partial charge in [-0.05, 0) is 25.5 Å². The third kappa shape index (κ3) is 2.71. The van der Waals surface area contributed by atoms with Crippen molar-refractivity contribution in [2.75, 3.05) is 0 Å². The van der Waals surface area contributed by atoms with Crippen LogP contribution < -0.4 is 0 Å². The molecule has 0 aliphatic heterocycles. The summed E-state index contributed by atoms with van der Waals surface area (Å²) >= 11 is 5.74. The number of hydrogen-bond acceptors (Lipinski definition) is 3. The van der Waals surface area contributed by atoms with Crippen molar-refractivity contribution in [1.29, 1.82) is 0 Å². The topological polar surface area (TPSA) is 61.0 Å². The van der Waals surface area contributed by atoms with E-state index in [-0.39, 0.29) is 5.69 Å². The number of nitro groups is 1. The monoisotopic (exact) mass is 319 g/mol. The zero-order valence-electron chi connectivity index (χ0n) is 10.9. The molecule has 0 atom stereocenters. The summed E-state index contributed by atoms with van der Waals surface area (Å²) in [5, 5.41) is 13.4. The molecule has 112 valence electrons. The summed E-state index contributed by atoms with van der Waals surface area (Å²) in [4.78, 5) is 9.66. The maximum atomic E-state index is 12.8. The molecule has 0 unspecified atom stereocenters. The van der Waals surface area contributed by atoms with Crippen molar-refractivity contribution in [1.82, 2.24) is 9.78 Å². The molecule has 21 heavy (non-hydrogen) atoms. The molecule has 0 saturated heterocycles. The smallest absolute Gasteiger partial charge is 0.258 e. The van der Waals surface area contributed by atoms with Gasteiger partial charge in [0, 0.05) is 0 Å². The quantitative estimate of drug-likeness (QED) is 0.619. The molecule has 1 aromatic carbocycles. The largest absolute Gasteiger partial charge is 0.442 e. The Kier molecular flexibility index (Phi) is 3.66. The molecule has 0 aliphatic rings. The second-order valence-electron chi connectivity index (χ2n) is 4.44. The van der Waals surface area contributed by atoms with Gasteiger partial charge in [0.1, 0.15) is 0 Å². The number of nitrogens with zero attached hydrogens (tertiary/aromatic N) is 3. The average Bonchev–Trinajstić information content (AvgIpc) is 2.67. The molecule has 9 heteroatoms. The third-order valence-corrected chi connectivity index (χ3v) is 3.18. The van der Waals surface area contributed by atoms with Gasteiger partial charge in [-0.15, -0.1) is 0 Å². The first-order valence-electron chi connectivity index (χ1n) is 5.70. The highest BCUT2D eigenvalue weighted by atomic mass is 35.5. The SMILES string of the molecule is Cc1ccc(-n2nc(C(F)(F)F)c([N+](=O)[O-])c2Cl)c(C)c1. The van der Waals surface area contributed by atoms with E-state index in [0.29, 0.717) is 5.56 Å². The first kappa shape index (κ1) is 15.3. The summed E-state index contributed by atoms with van der Waals surface area (Å²) in [5.74, 6) is 0. The fraction of sp³-hybridized carbons (Fsp3) is 0.250. The highest BCUT2D eigenvalue weighted by Gasteiger charge is 2.45. The molecule has 0 amide bonds. The second-order valence-corrected chi connectivity index (χ2v) is 4.80. The van der Waals surface area contributed by atoms with Crippen LogP contribution in [-0.4, -0.2) is 14.7 Å². The molecule has 0 bridgehead atoms. The molecule has 0 spiro atoms. The summed E-state index contributed by atoms with van der Waals surface area (Å²) in [5.41, 5.74) is -1.11. The Morgan fingerprint density at radius 1 is 1.33 bits per heavy atom. The van der Waals surface area contributed by atoms with Crippen LogP contribution in [0.4, 0.5) is 18.9 Å². The maximum Gasteiger partial charge on any atom is 0.442 e. The van der Waals surface area contributed by atoms with Gasteiger partial charge in [-0.25, -0.2) is 4.68 Å². The molecule has 1 aromatic heterocycles. The van der Waals surface area contributed by atoms with Gasteiger partial charge < -0.3 is 0 Å². The van der Waals surface area contributed by atoms with Crippen LogP contribution >= 0.6 is 11.6 Å². The van der Waals surface area contributed by atoms with Crippen molar-refractivity contribution in [3.8, 4) is 5.69 Å². The van der Waals surface area contributed by atoms with E-state index in [2.05, 4.69) is 5.10 Å². The summed E-state index contributed by atoms with van der Waals surface area (Å²) in [6.45, 7) is 3.46. The predicted octanol–water partition coefficient (Wildman–Crippen LogP) is 4.07. The Bertz CT molecular complexity index is 725. The molecular weight excluding hydrogens is 311 g/mol. The van der Waals surface area contributed by atoms with Crippen molar-refractivity contribution < 1.29 is 18.1 Å². The number of halogens is 4. The van der Waals surface area contributed by atoms with E-state index >= 15 is 0 Å². The van der Waals surface area contributed by atoms with Crippen LogP contribution in [0.2, 0.25) is 5.15 Å². The van der Waals surface area contributed by atoms with Gasteiger partial charge in [-0.1, -0.05) is 29.3 Å². The minimum Gasteiger partial charge on any atom is -0.258 e. The van der Waals surface area contributed by atoms with Crippen LogP contribution in [0, 0.1) is 24.0 Å². The standard InChI is InChI=1S/C12H9ClF3N3O2/c1-6-3-4-8(7(2)5-6)18-11(13)9(19(20)21)10(17-18)12(14,15)16/h3-5H,1-2H3. The van der Waals surface area contributed by atoms with Gasteiger partial charge in [-0.2, -0.15) is 18.3 Å². The zero-order valence-corrected chi connectivity index (χ0v) is 11.7. The van der Waals surface area contributed by atoms with Crippen LogP contribution in [-0.2, 0) is 6.18 Å². The van der Waals surface area contributed by atoms with E-state index in [1.54, 1.807) is 19.1 Å². The Labute approximate surface area is 122 Å². The lowest BCUT2D eigenvalue weighted by Gasteiger charge is -2.07. The number of aryl methyl sites for hydroxylation is 2. The third-order valence-electron chi connectivity index (χ3n) is 2.84. The summed E-state index contributed by atoms with van der Waals surface area (Å²) in [7, 11) is 0. The van der Waals surface area contributed by atoms with Crippen LogP contribution in [0.3, 0.4) is 0 Å². The fourth-order valence-electron chi connectivity index (χ4n) is 1.94. The van der Waals surface area contributed by atoms with E-state index in [1.807, 2.05) is 6.92 Å². The Balaban J connectivity index is 2.74. The van der Waals surface area contributed by atoms with Crippen LogP contribution in [0.1, 0.15) is 16.8 Å². The molecule has 5 nitrogen and oxygen atoms in total. The number of rotatable bonds is 2. The number of benzene rings is 1. The van der Waals surface area contributed by atoms with Crippen LogP contribution in [0.5, 0.6) is 0 Å². The molecule has 0 fully saturated rings. The van der Waals surface area contributed by atoms with Gasteiger partial charge in [0.25, 0.3) is 0 Å². The summed E-state index contributed by atoms with van der Waals surface area (Å²) < 4.78 is 39.3. The fourth-order valence-corrected chi connectivity index (χ4v) is 2.23. The highest BCUT2D eigenvalue weighted by Crippen LogP contribution is 2.40. The molecular formula is C12H9ClF3N3O2. The first-order chi connectivity index (χ1) is 9.62. The van der Waals surface area contributed by atoms with Crippen molar-refractivity contribution in [2.24, 2.45) is 0 Å². The minimum atomic E-state index is -4.96. The van der Waals surface area contributed by atoms with E-state index in [4.69, 9.17) is 11.6 Å². The Hall–Kier alpha value is -2.09. The lowest BCUT2D eigenvalue weighted by atomic mass is 10.1. The van der Waals surface area contributed by atoms with Gasteiger partial charge in [0.15, 0.2) is 0 Å².